The van der Waals surface area contributed by atoms with Crippen molar-refractivity contribution >= 4 is 21.9 Å². The van der Waals surface area contributed by atoms with E-state index in [1.807, 2.05) is 12.3 Å². The van der Waals surface area contributed by atoms with Gasteiger partial charge in [-0.2, -0.15) is 8.42 Å². The summed E-state index contributed by atoms with van der Waals surface area (Å²) < 4.78 is 30.2. The summed E-state index contributed by atoms with van der Waals surface area (Å²) in [7, 11) is -3.85. The van der Waals surface area contributed by atoms with Crippen LogP contribution < -0.4 is 4.90 Å². The second-order valence-electron chi connectivity index (χ2n) is 6.74. The topological polar surface area (TPSA) is 81.1 Å². The van der Waals surface area contributed by atoms with Gasteiger partial charge in [0.15, 0.2) is 0 Å². The highest BCUT2D eigenvalue weighted by molar-refractivity contribution is 7.85. The molecule has 2 rings (SSSR count). The number of aliphatic hydroxyl groups is 1. The van der Waals surface area contributed by atoms with Crippen molar-refractivity contribution in [3.63, 3.8) is 0 Å². The lowest BCUT2D eigenvalue weighted by Gasteiger charge is -2.22. The second-order valence-corrected chi connectivity index (χ2v) is 8.31. The van der Waals surface area contributed by atoms with Gasteiger partial charge in [-0.15, -0.1) is 0 Å². The van der Waals surface area contributed by atoms with Gasteiger partial charge in [0.1, 0.15) is 0 Å². The SMILES string of the molecule is CCN(CCO)c1ccc(/C=C/C2=CCN(CCCCS(=O)(=O)O)C=C2)cc1. The van der Waals surface area contributed by atoms with Gasteiger partial charge in [0.2, 0.25) is 0 Å². The molecule has 2 N–H and O–H groups in total. The molecular weight excluding hydrogens is 376 g/mol. The lowest BCUT2D eigenvalue weighted by atomic mass is 10.1. The van der Waals surface area contributed by atoms with Crippen LogP contribution >= 0.6 is 0 Å². The van der Waals surface area contributed by atoms with Gasteiger partial charge >= 0.3 is 0 Å². The van der Waals surface area contributed by atoms with Gasteiger partial charge in [0, 0.05) is 31.9 Å². The summed E-state index contributed by atoms with van der Waals surface area (Å²) in [5.41, 5.74) is 3.36. The molecule has 1 aromatic rings. The second kappa shape index (κ2) is 11.0. The lowest BCUT2D eigenvalue weighted by Crippen LogP contribution is -2.25. The molecule has 0 amide bonds. The molecule has 0 aliphatic carbocycles. The van der Waals surface area contributed by atoms with E-state index in [9.17, 15) is 8.42 Å². The molecule has 0 unspecified atom stereocenters. The fourth-order valence-corrected chi connectivity index (χ4v) is 3.58. The third-order valence-electron chi connectivity index (χ3n) is 4.62. The minimum absolute atomic E-state index is 0.146. The molecule has 1 heterocycles. The van der Waals surface area contributed by atoms with E-state index >= 15 is 0 Å². The molecular formula is C21H30N2O4S. The summed E-state index contributed by atoms with van der Waals surface area (Å²) in [6, 6.07) is 8.28. The quantitative estimate of drug-likeness (QED) is 0.434. The number of allylic oxidation sites excluding steroid dienone is 3. The summed E-state index contributed by atoms with van der Waals surface area (Å²) in [5, 5.41) is 9.12. The third kappa shape index (κ3) is 7.88. The first-order chi connectivity index (χ1) is 13.4. The highest BCUT2D eigenvalue weighted by Gasteiger charge is 2.07. The van der Waals surface area contributed by atoms with Crippen LogP contribution in [-0.4, -0.2) is 61.5 Å². The molecule has 0 atom stereocenters. The number of benzene rings is 1. The van der Waals surface area contributed by atoms with Gasteiger partial charge in [0.25, 0.3) is 10.1 Å². The number of rotatable bonds is 11. The molecule has 0 aromatic heterocycles. The van der Waals surface area contributed by atoms with E-state index in [0.717, 1.165) is 42.9 Å². The number of hydrogen-bond acceptors (Lipinski definition) is 5. The molecule has 0 bridgehead atoms. The smallest absolute Gasteiger partial charge is 0.264 e. The van der Waals surface area contributed by atoms with Gasteiger partial charge in [-0.3, -0.25) is 4.55 Å². The van der Waals surface area contributed by atoms with E-state index in [-0.39, 0.29) is 12.4 Å². The van der Waals surface area contributed by atoms with E-state index in [2.05, 4.69) is 59.2 Å². The molecule has 28 heavy (non-hydrogen) atoms. The Morgan fingerprint density at radius 1 is 1.18 bits per heavy atom. The molecule has 1 aromatic carbocycles. The standard InChI is InChI=1S/C21H30N2O4S/c1-2-23(16-17-24)21-9-7-19(8-10-21)5-6-20-11-14-22(15-12-20)13-3-4-18-28(25,26)27/h5-12,14,24H,2-4,13,15-18H2,1H3,(H,25,26,27)/b6-5+. The van der Waals surface area contributed by atoms with Crippen LogP contribution in [0.1, 0.15) is 25.3 Å². The summed E-state index contributed by atoms with van der Waals surface area (Å²) in [6.45, 7) is 5.27. The Hall–Kier alpha value is -2.09. The average molecular weight is 407 g/mol. The van der Waals surface area contributed by atoms with Crippen molar-refractivity contribution in [1.82, 2.24) is 4.90 Å². The van der Waals surface area contributed by atoms with Gasteiger partial charge in [-0.25, -0.2) is 0 Å². The Morgan fingerprint density at radius 3 is 2.50 bits per heavy atom. The summed E-state index contributed by atoms with van der Waals surface area (Å²) in [4.78, 5) is 4.25. The number of anilines is 1. The van der Waals surface area contributed by atoms with Crippen molar-refractivity contribution in [1.29, 1.82) is 0 Å². The number of likely N-dealkylation sites (N-methyl/N-ethyl adjacent to an activating group) is 1. The minimum Gasteiger partial charge on any atom is -0.395 e. The van der Waals surface area contributed by atoms with Crippen molar-refractivity contribution < 1.29 is 18.1 Å². The summed E-state index contributed by atoms with van der Waals surface area (Å²) in [6.07, 6.45) is 11.5. The Labute approximate surface area is 168 Å². The maximum atomic E-state index is 10.7. The van der Waals surface area contributed by atoms with Crippen LogP contribution in [0.4, 0.5) is 5.69 Å². The fraction of sp³-hybridized carbons (Fsp3) is 0.429. The van der Waals surface area contributed by atoms with Crippen molar-refractivity contribution in [2.24, 2.45) is 0 Å². The van der Waals surface area contributed by atoms with Gasteiger partial charge < -0.3 is 14.9 Å². The van der Waals surface area contributed by atoms with Crippen molar-refractivity contribution in [3.05, 3.63) is 59.8 Å². The zero-order chi connectivity index (χ0) is 20.4. The molecule has 0 saturated heterocycles. The van der Waals surface area contributed by atoms with E-state index in [4.69, 9.17) is 9.66 Å². The van der Waals surface area contributed by atoms with Crippen LogP contribution in [0.3, 0.4) is 0 Å². The maximum Gasteiger partial charge on any atom is 0.264 e. The van der Waals surface area contributed by atoms with E-state index in [0.29, 0.717) is 13.0 Å². The van der Waals surface area contributed by atoms with Crippen molar-refractivity contribution in [2.45, 2.75) is 19.8 Å². The van der Waals surface area contributed by atoms with E-state index in [1.54, 1.807) is 0 Å². The van der Waals surface area contributed by atoms with E-state index < -0.39 is 10.1 Å². The Balaban J connectivity index is 1.80. The number of nitrogens with zero attached hydrogens (tertiary/aromatic N) is 2. The molecule has 7 heteroatoms. The predicted molar refractivity (Wildman–Crippen MR) is 115 cm³/mol. The Kier molecular flexibility index (Phi) is 8.76. The Bertz CT molecular complexity index is 798. The van der Waals surface area contributed by atoms with Gasteiger partial charge in [0.05, 0.1) is 12.4 Å². The molecule has 0 saturated carbocycles. The van der Waals surface area contributed by atoms with Crippen LogP contribution in [-0.2, 0) is 10.1 Å². The first kappa shape index (κ1) is 22.2. The Morgan fingerprint density at radius 2 is 1.93 bits per heavy atom. The van der Waals surface area contributed by atoms with E-state index in [1.165, 1.54) is 0 Å². The minimum atomic E-state index is -3.85. The number of unbranched alkanes of at least 4 members (excludes halogenated alkanes) is 1. The molecule has 1 aliphatic heterocycles. The zero-order valence-corrected chi connectivity index (χ0v) is 17.2. The number of hydrogen-bond donors (Lipinski definition) is 2. The highest BCUT2D eigenvalue weighted by Crippen LogP contribution is 2.17. The third-order valence-corrected chi connectivity index (χ3v) is 5.42. The maximum absolute atomic E-state index is 10.7. The van der Waals surface area contributed by atoms with Gasteiger partial charge in [-0.1, -0.05) is 30.4 Å². The van der Waals surface area contributed by atoms with Crippen LogP contribution in [0.25, 0.3) is 6.08 Å². The summed E-state index contributed by atoms with van der Waals surface area (Å²) >= 11 is 0. The van der Waals surface area contributed by atoms with Gasteiger partial charge in [-0.05, 0) is 55.3 Å². The fourth-order valence-electron chi connectivity index (χ4n) is 3.01. The summed E-state index contributed by atoms with van der Waals surface area (Å²) in [5.74, 6) is -0.177. The molecule has 0 radical (unpaired) electrons. The molecule has 1 aliphatic rings. The van der Waals surface area contributed by atoms with Crippen LogP contribution in [0.2, 0.25) is 0 Å². The zero-order valence-electron chi connectivity index (χ0n) is 16.4. The largest absolute Gasteiger partial charge is 0.395 e. The van der Waals surface area contributed by atoms with Crippen molar-refractivity contribution in [3.8, 4) is 0 Å². The van der Waals surface area contributed by atoms with Crippen LogP contribution in [0, 0.1) is 0 Å². The van der Waals surface area contributed by atoms with Crippen LogP contribution in [0.5, 0.6) is 0 Å². The normalized spacial score (nSPS) is 14.5. The lowest BCUT2D eigenvalue weighted by molar-refractivity contribution is 0.302. The first-order valence-electron chi connectivity index (χ1n) is 9.63. The first-order valence-corrected chi connectivity index (χ1v) is 11.2. The molecule has 6 nitrogen and oxygen atoms in total. The molecule has 154 valence electrons. The highest BCUT2D eigenvalue weighted by atomic mass is 32.2. The predicted octanol–water partition coefficient (Wildman–Crippen LogP) is 2.94. The monoisotopic (exact) mass is 406 g/mol. The van der Waals surface area contributed by atoms with Crippen molar-refractivity contribution in [2.75, 3.05) is 43.4 Å². The molecule has 0 spiro atoms. The van der Waals surface area contributed by atoms with Crippen LogP contribution in [0.15, 0.2) is 54.3 Å². The number of aliphatic hydroxyl groups excluding tert-OH is 1. The molecule has 0 fully saturated rings. The average Bonchev–Trinajstić information content (AvgIpc) is 2.68.